The lowest BCUT2D eigenvalue weighted by atomic mass is 9.79. The molecule has 3 rings (SSSR count). The lowest BCUT2D eigenvalue weighted by Gasteiger charge is -2.25. The Labute approximate surface area is 123 Å². The van der Waals surface area contributed by atoms with Crippen LogP contribution in [0.3, 0.4) is 0 Å². The van der Waals surface area contributed by atoms with Gasteiger partial charge in [0.2, 0.25) is 0 Å². The number of amides is 1. The zero-order chi connectivity index (χ0) is 14.7. The van der Waals surface area contributed by atoms with Crippen molar-refractivity contribution in [3.05, 3.63) is 71.8 Å². The normalized spacial score (nSPS) is 21.5. The molecule has 0 bridgehead atoms. The molecule has 1 aliphatic heterocycles. The minimum Gasteiger partial charge on any atom is -0.271 e. The van der Waals surface area contributed by atoms with Gasteiger partial charge in [0.15, 0.2) is 0 Å². The summed E-state index contributed by atoms with van der Waals surface area (Å²) in [5.74, 6) is -1.16. The van der Waals surface area contributed by atoms with E-state index >= 15 is 0 Å². The predicted octanol–water partition coefficient (Wildman–Crippen LogP) is 3.33. The van der Waals surface area contributed by atoms with Gasteiger partial charge in [0.25, 0.3) is 5.91 Å². The maximum Gasteiger partial charge on any atom is 0.263 e. The molecule has 0 saturated heterocycles. The van der Waals surface area contributed by atoms with Crippen molar-refractivity contribution in [1.29, 1.82) is 5.26 Å². The van der Waals surface area contributed by atoms with Crippen LogP contribution in [0.4, 0.5) is 0 Å². The standard InChI is InChI=1S/C18H14N2O/c19-12-16-15(13-7-3-1-4-8-13)11-17(20-18(16)21)14-9-5-2-6-10-14/h1-10,15-16H,11H2/t15-,16-/m1/s1. The number of aliphatic imine (C=N–C) groups is 1. The van der Waals surface area contributed by atoms with Crippen LogP contribution < -0.4 is 0 Å². The Hall–Kier alpha value is -2.73. The van der Waals surface area contributed by atoms with Crippen LogP contribution in [0.5, 0.6) is 0 Å². The molecule has 2 aromatic rings. The van der Waals surface area contributed by atoms with Gasteiger partial charge in [-0.25, -0.2) is 4.99 Å². The largest absolute Gasteiger partial charge is 0.271 e. The lowest BCUT2D eigenvalue weighted by Crippen LogP contribution is -2.28. The molecule has 2 atom stereocenters. The van der Waals surface area contributed by atoms with E-state index < -0.39 is 5.92 Å². The van der Waals surface area contributed by atoms with E-state index in [4.69, 9.17) is 0 Å². The summed E-state index contributed by atoms with van der Waals surface area (Å²) in [6.07, 6.45) is 0.609. The minimum atomic E-state index is -0.695. The number of benzene rings is 2. The highest BCUT2D eigenvalue weighted by Gasteiger charge is 2.35. The summed E-state index contributed by atoms with van der Waals surface area (Å²) in [5.41, 5.74) is 2.73. The monoisotopic (exact) mass is 274 g/mol. The van der Waals surface area contributed by atoms with Crippen LogP contribution in [-0.2, 0) is 4.79 Å². The van der Waals surface area contributed by atoms with E-state index in [1.165, 1.54) is 0 Å². The summed E-state index contributed by atoms with van der Waals surface area (Å²) in [6, 6.07) is 21.5. The molecule has 102 valence electrons. The third-order valence-electron chi connectivity index (χ3n) is 3.80. The maximum atomic E-state index is 12.2. The van der Waals surface area contributed by atoms with Crippen molar-refractivity contribution in [2.75, 3.05) is 0 Å². The highest BCUT2D eigenvalue weighted by atomic mass is 16.1. The third kappa shape index (κ3) is 2.61. The van der Waals surface area contributed by atoms with Crippen LogP contribution in [0.2, 0.25) is 0 Å². The lowest BCUT2D eigenvalue weighted by molar-refractivity contribution is -0.120. The van der Waals surface area contributed by atoms with E-state index in [1.54, 1.807) is 0 Å². The van der Waals surface area contributed by atoms with Gasteiger partial charge in [0.05, 0.1) is 11.8 Å². The predicted molar refractivity (Wildman–Crippen MR) is 80.9 cm³/mol. The first-order chi connectivity index (χ1) is 10.3. The zero-order valence-corrected chi connectivity index (χ0v) is 11.4. The number of carbonyl (C=O) groups excluding carboxylic acids is 1. The van der Waals surface area contributed by atoms with Gasteiger partial charge in [-0.2, -0.15) is 5.26 Å². The molecule has 1 amide bonds. The molecule has 0 unspecified atom stereocenters. The average molecular weight is 274 g/mol. The molecule has 0 radical (unpaired) electrons. The van der Waals surface area contributed by atoms with E-state index in [0.29, 0.717) is 6.42 Å². The highest BCUT2D eigenvalue weighted by molar-refractivity contribution is 6.09. The fourth-order valence-electron chi connectivity index (χ4n) is 2.72. The van der Waals surface area contributed by atoms with Crippen molar-refractivity contribution < 1.29 is 4.79 Å². The first kappa shape index (κ1) is 13.3. The fourth-order valence-corrected chi connectivity index (χ4v) is 2.72. The van der Waals surface area contributed by atoms with E-state index in [0.717, 1.165) is 16.8 Å². The summed E-state index contributed by atoms with van der Waals surface area (Å²) < 4.78 is 0. The van der Waals surface area contributed by atoms with E-state index in [-0.39, 0.29) is 11.8 Å². The number of carbonyl (C=O) groups is 1. The maximum absolute atomic E-state index is 12.2. The summed E-state index contributed by atoms with van der Waals surface area (Å²) in [5, 5.41) is 9.31. The van der Waals surface area contributed by atoms with Crippen LogP contribution >= 0.6 is 0 Å². The van der Waals surface area contributed by atoms with Gasteiger partial charge in [-0.05, 0) is 17.5 Å². The quantitative estimate of drug-likeness (QED) is 0.843. The Morgan fingerprint density at radius 2 is 1.62 bits per heavy atom. The summed E-state index contributed by atoms with van der Waals surface area (Å²) in [4.78, 5) is 16.3. The highest BCUT2D eigenvalue weighted by Crippen LogP contribution is 2.34. The second-order valence-corrected chi connectivity index (χ2v) is 5.09. The van der Waals surface area contributed by atoms with Crippen LogP contribution in [0, 0.1) is 17.2 Å². The fraction of sp³-hybridized carbons (Fsp3) is 0.167. The molecular formula is C18H14N2O. The third-order valence-corrected chi connectivity index (χ3v) is 3.80. The van der Waals surface area contributed by atoms with Crippen molar-refractivity contribution >= 4 is 11.6 Å². The minimum absolute atomic E-state index is 0.128. The Balaban J connectivity index is 2.01. The number of rotatable bonds is 2. The molecule has 3 heteroatoms. The Bertz CT molecular complexity index is 714. The molecule has 1 heterocycles. The van der Waals surface area contributed by atoms with Gasteiger partial charge in [0, 0.05) is 5.92 Å². The summed E-state index contributed by atoms with van der Waals surface area (Å²) in [7, 11) is 0. The molecular weight excluding hydrogens is 260 g/mol. The number of nitrogens with zero attached hydrogens (tertiary/aromatic N) is 2. The molecule has 0 fully saturated rings. The van der Waals surface area contributed by atoms with Crippen LogP contribution in [0.15, 0.2) is 65.7 Å². The first-order valence-corrected chi connectivity index (χ1v) is 6.91. The van der Waals surface area contributed by atoms with Crippen molar-refractivity contribution in [3.8, 4) is 6.07 Å². The number of hydrogen-bond donors (Lipinski definition) is 0. The molecule has 0 aromatic heterocycles. The van der Waals surface area contributed by atoms with Crippen LogP contribution in [0.25, 0.3) is 0 Å². The van der Waals surface area contributed by atoms with E-state index in [2.05, 4.69) is 11.1 Å². The molecule has 0 saturated carbocycles. The molecule has 0 spiro atoms. The molecule has 21 heavy (non-hydrogen) atoms. The number of hydrogen-bond acceptors (Lipinski definition) is 2. The Morgan fingerprint density at radius 3 is 2.24 bits per heavy atom. The molecule has 3 nitrogen and oxygen atoms in total. The van der Waals surface area contributed by atoms with Crippen molar-refractivity contribution in [3.63, 3.8) is 0 Å². The van der Waals surface area contributed by atoms with Gasteiger partial charge in [-0.3, -0.25) is 4.79 Å². The summed E-state index contributed by atoms with van der Waals surface area (Å²) in [6.45, 7) is 0. The van der Waals surface area contributed by atoms with E-state index in [1.807, 2.05) is 60.7 Å². The van der Waals surface area contributed by atoms with Gasteiger partial charge in [0.1, 0.15) is 5.92 Å². The van der Waals surface area contributed by atoms with Gasteiger partial charge >= 0.3 is 0 Å². The average Bonchev–Trinajstić information content (AvgIpc) is 2.55. The number of nitriles is 1. The van der Waals surface area contributed by atoms with Crippen LogP contribution in [-0.4, -0.2) is 11.6 Å². The van der Waals surface area contributed by atoms with Gasteiger partial charge in [-0.1, -0.05) is 60.7 Å². The van der Waals surface area contributed by atoms with Crippen molar-refractivity contribution in [2.45, 2.75) is 12.3 Å². The van der Waals surface area contributed by atoms with Gasteiger partial charge in [-0.15, -0.1) is 0 Å². The second kappa shape index (κ2) is 5.72. The Kier molecular flexibility index (Phi) is 3.61. The topological polar surface area (TPSA) is 53.2 Å². The molecule has 0 aliphatic carbocycles. The smallest absolute Gasteiger partial charge is 0.263 e. The molecule has 0 N–H and O–H groups in total. The molecule has 2 aromatic carbocycles. The van der Waals surface area contributed by atoms with Crippen molar-refractivity contribution in [2.24, 2.45) is 10.9 Å². The Morgan fingerprint density at radius 1 is 1.00 bits per heavy atom. The molecule has 1 aliphatic rings. The van der Waals surface area contributed by atoms with Crippen molar-refractivity contribution in [1.82, 2.24) is 0 Å². The van der Waals surface area contributed by atoms with Gasteiger partial charge < -0.3 is 0 Å². The van der Waals surface area contributed by atoms with E-state index in [9.17, 15) is 10.1 Å². The first-order valence-electron chi connectivity index (χ1n) is 6.91. The summed E-state index contributed by atoms with van der Waals surface area (Å²) >= 11 is 0. The SMILES string of the molecule is N#C[C@H]1C(=O)N=C(c2ccccc2)C[C@@H]1c1ccccc1. The zero-order valence-electron chi connectivity index (χ0n) is 11.4. The second-order valence-electron chi connectivity index (χ2n) is 5.09. The van der Waals surface area contributed by atoms with Crippen LogP contribution in [0.1, 0.15) is 23.5 Å².